The van der Waals surface area contributed by atoms with E-state index in [2.05, 4.69) is 5.10 Å². The Morgan fingerprint density at radius 2 is 2.11 bits per heavy atom. The summed E-state index contributed by atoms with van der Waals surface area (Å²) in [5.41, 5.74) is 7.96. The molecule has 0 aliphatic carbocycles. The number of hydrogen-bond acceptors (Lipinski definition) is 2. The molecule has 1 atom stereocenters. The van der Waals surface area contributed by atoms with E-state index in [0.29, 0.717) is 0 Å². The summed E-state index contributed by atoms with van der Waals surface area (Å²) in [6.07, 6.45) is 2.05. The van der Waals surface area contributed by atoms with Crippen LogP contribution in [0.5, 0.6) is 0 Å². The van der Waals surface area contributed by atoms with Crippen molar-refractivity contribution < 1.29 is 8.78 Å². The molecule has 0 bridgehead atoms. The molecule has 2 aromatic rings. The van der Waals surface area contributed by atoms with Gasteiger partial charge < -0.3 is 5.73 Å². The summed E-state index contributed by atoms with van der Waals surface area (Å²) in [7, 11) is 1.80. The summed E-state index contributed by atoms with van der Waals surface area (Å²) in [6, 6.07) is 3.73. The second-order valence-electron chi connectivity index (χ2n) is 4.37. The summed E-state index contributed by atoms with van der Waals surface area (Å²) in [5.74, 6) is -1.67. The quantitative estimate of drug-likeness (QED) is 0.909. The van der Waals surface area contributed by atoms with Gasteiger partial charge in [-0.15, -0.1) is 0 Å². The van der Waals surface area contributed by atoms with Gasteiger partial charge >= 0.3 is 0 Å². The van der Waals surface area contributed by atoms with Crippen LogP contribution in [-0.2, 0) is 13.5 Å². The van der Waals surface area contributed by atoms with Crippen LogP contribution in [0, 0.1) is 18.6 Å². The van der Waals surface area contributed by atoms with Crippen LogP contribution in [0.1, 0.15) is 22.9 Å². The summed E-state index contributed by atoms with van der Waals surface area (Å²) in [5, 5.41) is 4.18. The van der Waals surface area contributed by atoms with Gasteiger partial charge in [-0.05, 0) is 25.0 Å². The third kappa shape index (κ3) is 2.41. The van der Waals surface area contributed by atoms with Crippen molar-refractivity contribution >= 4 is 0 Å². The first-order chi connectivity index (χ1) is 8.49. The first-order valence-electron chi connectivity index (χ1n) is 5.67. The number of rotatable bonds is 3. The van der Waals surface area contributed by atoms with Gasteiger partial charge in [-0.2, -0.15) is 5.10 Å². The minimum absolute atomic E-state index is 0.246. The second-order valence-corrected chi connectivity index (χ2v) is 4.37. The number of benzene rings is 1. The Balaban J connectivity index is 2.24. The van der Waals surface area contributed by atoms with Gasteiger partial charge in [0.2, 0.25) is 0 Å². The molecule has 2 rings (SSSR count). The molecule has 1 unspecified atom stereocenters. The molecule has 0 amide bonds. The molecule has 0 fully saturated rings. The van der Waals surface area contributed by atoms with E-state index in [9.17, 15) is 8.78 Å². The van der Waals surface area contributed by atoms with E-state index < -0.39 is 17.7 Å². The van der Waals surface area contributed by atoms with Crippen LogP contribution in [-0.4, -0.2) is 9.78 Å². The highest BCUT2D eigenvalue weighted by atomic mass is 19.2. The first kappa shape index (κ1) is 12.7. The summed E-state index contributed by atoms with van der Waals surface area (Å²) in [4.78, 5) is 0. The highest BCUT2D eigenvalue weighted by molar-refractivity contribution is 5.25. The fourth-order valence-electron chi connectivity index (χ4n) is 2.03. The van der Waals surface area contributed by atoms with Crippen LogP contribution in [0.4, 0.5) is 8.78 Å². The van der Waals surface area contributed by atoms with Crippen molar-refractivity contribution in [3.05, 3.63) is 52.9 Å². The average molecular weight is 251 g/mol. The Kier molecular flexibility index (Phi) is 3.43. The Hall–Kier alpha value is -1.75. The van der Waals surface area contributed by atoms with Crippen molar-refractivity contribution in [3.63, 3.8) is 0 Å². The Morgan fingerprint density at radius 1 is 1.39 bits per heavy atom. The Morgan fingerprint density at radius 3 is 2.72 bits per heavy atom. The summed E-state index contributed by atoms with van der Waals surface area (Å²) in [6.45, 7) is 1.84. The maximum atomic E-state index is 13.5. The van der Waals surface area contributed by atoms with Gasteiger partial charge in [-0.3, -0.25) is 4.68 Å². The molecule has 2 N–H and O–H groups in total. The number of nitrogens with two attached hydrogens (primary N) is 1. The SMILES string of the molecule is Cc1nn(C)cc1C(N)Cc1cccc(F)c1F. The van der Waals surface area contributed by atoms with Crippen LogP contribution in [0.3, 0.4) is 0 Å². The standard InChI is InChI=1S/C13H15F2N3/c1-8-10(7-18(2)17-8)12(16)6-9-4-3-5-11(14)13(9)15/h3-5,7,12H,6,16H2,1-2H3. The molecule has 3 nitrogen and oxygen atoms in total. The maximum absolute atomic E-state index is 13.5. The number of nitrogens with zero attached hydrogens (tertiary/aromatic N) is 2. The summed E-state index contributed by atoms with van der Waals surface area (Å²) < 4.78 is 28.3. The number of aromatic nitrogens is 2. The van der Waals surface area contributed by atoms with Crippen molar-refractivity contribution in [3.8, 4) is 0 Å². The molecule has 0 spiro atoms. The van der Waals surface area contributed by atoms with Gasteiger partial charge in [0.05, 0.1) is 5.69 Å². The van der Waals surface area contributed by atoms with Gasteiger partial charge in [0.15, 0.2) is 11.6 Å². The molecule has 1 heterocycles. The van der Waals surface area contributed by atoms with E-state index in [1.807, 2.05) is 6.92 Å². The van der Waals surface area contributed by atoms with E-state index in [-0.39, 0.29) is 12.0 Å². The van der Waals surface area contributed by atoms with Crippen molar-refractivity contribution in [1.82, 2.24) is 9.78 Å². The molecular weight excluding hydrogens is 236 g/mol. The van der Waals surface area contributed by atoms with Gasteiger partial charge in [0.25, 0.3) is 0 Å². The molecular formula is C13H15F2N3. The zero-order chi connectivity index (χ0) is 13.3. The lowest BCUT2D eigenvalue weighted by molar-refractivity contribution is 0.494. The minimum Gasteiger partial charge on any atom is -0.324 e. The normalized spacial score (nSPS) is 12.7. The van der Waals surface area contributed by atoms with Crippen LogP contribution < -0.4 is 5.73 Å². The second kappa shape index (κ2) is 4.86. The molecule has 96 valence electrons. The van der Waals surface area contributed by atoms with Crippen molar-refractivity contribution in [2.45, 2.75) is 19.4 Å². The number of hydrogen-bond donors (Lipinski definition) is 1. The van der Waals surface area contributed by atoms with Crippen LogP contribution in [0.15, 0.2) is 24.4 Å². The van der Waals surface area contributed by atoms with Gasteiger partial charge in [-0.1, -0.05) is 12.1 Å². The highest BCUT2D eigenvalue weighted by Crippen LogP contribution is 2.21. The molecule has 5 heteroatoms. The molecule has 18 heavy (non-hydrogen) atoms. The third-order valence-electron chi connectivity index (χ3n) is 2.92. The molecule has 0 radical (unpaired) electrons. The number of aryl methyl sites for hydroxylation is 2. The molecule has 1 aromatic heterocycles. The van der Waals surface area contributed by atoms with Crippen molar-refractivity contribution in [2.75, 3.05) is 0 Å². The van der Waals surface area contributed by atoms with Crippen molar-refractivity contribution in [2.24, 2.45) is 12.8 Å². The van der Waals surface area contributed by atoms with Gasteiger partial charge in [0.1, 0.15) is 0 Å². The minimum atomic E-state index is -0.845. The fourth-order valence-corrected chi connectivity index (χ4v) is 2.03. The number of halogens is 2. The van der Waals surface area contributed by atoms with Crippen molar-refractivity contribution in [1.29, 1.82) is 0 Å². The summed E-state index contributed by atoms with van der Waals surface area (Å²) >= 11 is 0. The van der Waals surface area contributed by atoms with Crippen LogP contribution in [0.2, 0.25) is 0 Å². The predicted octanol–water partition coefficient (Wildman–Crippen LogP) is 2.25. The van der Waals surface area contributed by atoms with E-state index in [4.69, 9.17) is 5.73 Å². The molecule has 0 saturated heterocycles. The lowest BCUT2D eigenvalue weighted by Gasteiger charge is -2.11. The zero-order valence-electron chi connectivity index (χ0n) is 10.3. The van der Waals surface area contributed by atoms with Gasteiger partial charge in [0, 0.05) is 24.8 Å². The monoisotopic (exact) mass is 251 g/mol. The maximum Gasteiger partial charge on any atom is 0.162 e. The van der Waals surface area contributed by atoms with Crippen LogP contribution in [0.25, 0.3) is 0 Å². The van der Waals surface area contributed by atoms with E-state index in [1.165, 1.54) is 6.07 Å². The lowest BCUT2D eigenvalue weighted by Crippen LogP contribution is -2.15. The predicted molar refractivity (Wildman–Crippen MR) is 64.9 cm³/mol. The lowest BCUT2D eigenvalue weighted by atomic mass is 10.00. The average Bonchev–Trinajstić information content (AvgIpc) is 2.64. The smallest absolute Gasteiger partial charge is 0.162 e. The zero-order valence-corrected chi connectivity index (χ0v) is 10.3. The topological polar surface area (TPSA) is 43.8 Å². The largest absolute Gasteiger partial charge is 0.324 e. The highest BCUT2D eigenvalue weighted by Gasteiger charge is 2.16. The Bertz CT molecular complexity index is 563. The third-order valence-corrected chi connectivity index (χ3v) is 2.92. The van der Waals surface area contributed by atoms with E-state index in [0.717, 1.165) is 17.3 Å². The Labute approximate surface area is 104 Å². The fraction of sp³-hybridized carbons (Fsp3) is 0.308. The van der Waals surface area contributed by atoms with E-state index in [1.54, 1.807) is 24.0 Å². The molecule has 0 saturated carbocycles. The van der Waals surface area contributed by atoms with Crippen LogP contribution >= 0.6 is 0 Å². The first-order valence-corrected chi connectivity index (χ1v) is 5.67. The molecule has 1 aromatic carbocycles. The van der Waals surface area contributed by atoms with E-state index >= 15 is 0 Å². The molecule has 0 aliphatic heterocycles. The van der Waals surface area contributed by atoms with Gasteiger partial charge in [-0.25, -0.2) is 8.78 Å². The molecule has 0 aliphatic rings.